The predicted molar refractivity (Wildman–Crippen MR) is 51.2 cm³/mol. The molecule has 0 saturated carbocycles. The molecule has 0 aromatic heterocycles. The van der Waals surface area contributed by atoms with Gasteiger partial charge in [0.25, 0.3) is 0 Å². The van der Waals surface area contributed by atoms with E-state index in [0.717, 1.165) is 19.0 Å². The van der Waals surface area contributed by atoms with Crippen LogP contribution in [-0.2, 0) is 6.54 Å². The summed E-state index contributed by atoms with van der Waals surface area (Å²) in [6.07, 6.45) is 1.24. The standard InChI is InChI=1S/C11H15N/c1-2-9-7-12-8-10-5-3-4-6-11(9)10/h3-6,9,12H,2,7-8H2,1H3/t9-/m0/s1. The summed E-state index contributed by atoms with van der Waals surface area (Å²) in [6, 6.07) is 8.76. The Hall–Kier alpha value is -0.820. The molecule has 1 heteroatoms. The number of hydrogen-bond acceptors (Lipinski definition) is 1. The topological polar surface area (TPSA) is 12.0 Å². The first-order valence-corrected chi connectivity index (χ1v) is 4.70. The Morgan fingerprint density at radius 2 is 2.25 bits per heavy atom. The van der Waals surface area contributed by atoms with Crippen LogP contribution in [0.2, 0.25) is 0 Å². The van der Waals surface area contributed by atoms with Gasteiger partial charge in [-0.15, -0.1) is 0 Å². The van der Waals surface area contributed by atoms with Gasteiger partial charge in [-0.3, -0.25) is 0 Å². The summed E-state index contributed by atoms with van der Waals surface area (Å²) in [7, 11) is 0. The third-order valence-corrected chi connectivity index (χ3v) is 2.69. The fraction of sp³-hybridized carbons (Fsp3) is 0.455. The van der Waals surface area contributed by atoms with Gasteiger partial charge >= 0.3 is 0 Å². The van der Waals surface area contributed by atoms with Crippen molar-refractivity contribution in [2.45, 2.75) is 25.8 Å². The van der Waals surface area contributed by atoms with Gasteiger partial charge in [0.05, 0.1) is 0 Å². The zero-order valence-corrected chi connectivity index (χ0v) is 7.51. The van der Waals surface area contributed by atoms with Crippen LogP contribution in [0.15, 0.2) is 24.3 Å². The van der Waals surface area contributed by atoms with Crippen molar-refractivity contribution < 1.29 is 0 Å². The van der Waals surface area contributed by atoms with Crippen molar-refractivity contribution in [3.63, 3.8) is 0 Å². The van der Waals surface area contributed by atoms with Crippen molar-refractivity contribution in [2.75, 3.05) is 6.54 Å². The quantitative estimate of drug-likeness (QED) is 0.666. The van der Waals surface area contributed by atoms with Crippen LogP contribution in [0.1, 0.15) is 30.4 Å². The molecule has 0 amide bonds. The smallest absolute Gasteiger partial charge is 0.0208 e. The van der Waals surface area contributed by atoms with Gasteiger partial charge in [-0.05, 0) is 23.5 Å². The van der Waals surface area contributed by atoms with Crippen LogP contribution in [0.4, 0.5) is 0 Å². The maximum absolute atomic E-state index is 3.44. The number of fused-ring (bicyclic) bond motifs is 1. The Bertz CT molecular complexity index is 267. The van der Waals surface area contributed by atoms with E-state index in [-0.39, 0.29) is 0 Å². The molecule has 0 bridgehead atoms. The van der Waals surface area contributed by atoms with Gasteiger partial charge in [-0.25, -0.2) is 0 Å². The lowest BCUT2D eigenvalue weighted by Crippen LogP contribution is -2.27. The summed E-state index contributed by atoms with van der Waals surface area (Å²) in [4.78, 5) is 0. The first-order chi connectivity index (χ1) is 5.92. The van der Waals surface area contributed by atoms with Crippen molar-refractivity contribution in [3.05, 3.63) is 35.4 Å². The van der Waals surface area contributed by atoms with Gasteiger partial charge in [-0.1, -0.05) is 31.2 Å². The molecule has 1 aromatic rings. The summed E-state index contributed by atoms with van der Waals surface area (Å²) in [5.41, 5.74) is 3.04. The van der Waals surface area contributed by atoms with Gasteiger partial charge < -0.3 is 5.32 Å². The maximum atomic E-state index is 3.44. The van der Waals surface area contributed by atoms with Crippen molar-refractivity contribution in [1.29, 1.82) is 0 Å². The van der Waals surface area contributed by atoms with Gasteiger partial charge in [0.2, 0.25) is 0 Å². The first-order valence-electron chi connectivity index (χ1n) is 4.70. The SMILES string of the molecule is CC[C@H]1CNCc2ccccc21. The van der Waals surface area contributed by atoms with Crippen LogP contribution in [0.25, 0.3) is 0 Å². The second kappa shape index (κ2) is 3.28. The van der Waals surface area contributed by atoms with Gasteiger partial charge in [-0.2, -0.15) is 0 Å². The molecule has 1 atom stereocenters. The zero-order valence-electron chi connectivity index (χ0n) is 7.51. The van der Waals surface area contributed by atoms with E-state index in [1.165, 1.54) is 12.0 Å². The lowest BCUT2D eigenvalue weighted by molar-refractivity contribution is 0.530. The van der Waals surface area contributed by atoms with Crippen LogP contribution >= 0.6 is 0 Å². The molecule has 1 heterocycles. The molecule has 0 fully saturated rings. The molecule has 1 aromatic carbocycles. The minimum atomic E-state index is 0.731. The molecular formula is C11H15N. The van der Waals surface area contributed by atoms with E-state index in [1.54, 1.807) is 5.56 Å². The number of rotatable bonds is 1. The highest BCUT2D eigenvalue weighted by Crippen LogP contribution is 2.25. The maximum Gasteiger partial charge on any atom is 0.0208 e. The summed E-state index contributed by atoms with van der Waals surface area (Å²) < 4.78 is 0. The van der Waals surface area contributed by atoms with Crippen LogP contribution in [0, 0.1) is 0 Å². The van der Waals surface area contributed by atoms with Crippen LogP contribution in [-0.4, -0.2) is 6.54 Å². The lowest BCUT2D eigenvalue weighted by atomic mass is 9.89. The molecule has 2 rings (SSSR count). The van der Waals surface area contributed by atoms with E-state index < -0.39 is 0 Å². The Kier molecular flexibility index (Phi) is 2.13. The Morgan fingerprint density at radius 1 is 1.42 bits per heavy atom. The third-order valence-electron chi connectivity index (χ3n) is 2.69. The molecule has 0 aliphatic carbocycles. The van der Waals surface area contributed by atoms with E-state index in [9.17, 15) is 0 Å². The Morgan fingerprint density at radius 3 is 3.08 bits per heavy atom. The van der Waals surface area contributed by atoms with Gasteiger partial charge in [0, 0.05) is 13.1 Å². The van der Waals surface area contributed by atoms with E-state index in [2.05, 4.69) is 36.5 Å². The average molecular weight is 161 g/mol. The first kappa shape index (κ1) is 7.81. The van der Waals surface area contributed by atoms with Crippen molar-refractivity contribution in [2.24, 2.45) is 0 Å². The molecule has 64 valence electrons. The van der Waals surface area contributed by atoms with E-state index >= 15 is 0 Å². The van der Waals surface area contributed by atoms with Crippen LogP contribution < -0.4 is 5.32 Å². The molecule has 1 N–H and O–H groups in total. The summed E-state index contributed by atoms with van der Waals surface area (Å²) in [6.45, 7) is 4.45. The number of hydrogen-bond donors (Lipinski definition) is 1. The molecule has 0 radical (unpaired) electrons. The lowest BCUT2D eigenvalue weighted by Gasteiger charge is -2.25. The predicted octanol–water partition coefficient (Wildman–Crippen LogP) is 2.28. The fourth-order valence-electron chi connectivity index (χ4n) is 1.95. The van der Waals surface area contributed by atoms with Crippen molar-refractivity contribution >= 4 is 0 Å². The number of benzene rings is 1. The van der Waals surface area contributed by atoms with Gasteiger partial charge in [0.15, 0.2) is 0 Å². The average Bonchev–Trinajstić information content (AvgIpc) is 2.17. The minimum Gasteiger partial charge on any atom is -0.312 e. The van der Waals surface area contributed by atoms with Gasteiger partial charge in [0.1, 0.15) is 0 Å². The van der Waals surface area contributed by atoms with E-state index in [4.69, 9.17) is 0 Å². The Balaban J connectivity index is 2.37. The highest BCUT2D eigenvalue weighted by Gasteiger charge is 2.16. The summed E-state index contributed by atoms with van der Waals surface area (Å²) in [5, 5.41) is 3.44. The van der Waals surface area contributed by atoms with Crippen molar-refractivity contribution in [3.8, 4) is 0 Å². The molecule has 0 spiro atoms. The molecule has 1 aliphatic heterocycles. The summed E-state index contributed by atoms with van der Waals surface area (Å²) >= 11 is 0. The van der Waals surface area contributed by atoms with E-state index in [0.29, 0.717) is 0 Å². The Labute approximate surface area is 73.8 Å². The van der Waals surface area contributed by atoms with E-state index in [1.807, 2.05) is 0 Å². The second-order valence-corrected chi connectivity index (χ2v) is 3.43. The van der Waals surface area contributed by atoms with Crippen LogP contribution in [0.5, 0.6) is 0 Å². The zero-order chi connectivity index (χ0) is 8.39. The minimum absolute atomic E-state index is 0.731. The molecule has 1 aliphatic rings. The van der Waals surface area contributed by atoms with Crippen LogP contribution in [0.3, 0.4) is 0 Å². The molecular weight excluding hydrogens is 146 g/mol. The third kappa shape index (κ3) is 1.25. The monoisotopic (exact) mass is 161 g/mol. The van der Waals surface area contributed by atoms with Crippen molar-refractivity contribution in [1.82, 2.24) is 5.32 Å². The molecule has 0 saturated heterocycles. The number of nitrogens with one attached hydrogen (secondary N) is 1. The molecule has 1 nitrogen and oxygen atoms in total. The largest absolute Gasteiger partial charge is 0.312 e. The second-order valence-electron chi connectivity index (χ2n) is 3.43. The molecule has 12 heavy (non-hydrogen) atoms. The highest BCUT2D eigenvalue weighted by molar-refractivity contribution is 5.32. The summed E-state index contributed by atoms with van der Waals surface area (Å²) in [5.74, 6) is 0.731. The normalized spacial score (nSPS) is 21.9. The fourth-order valence-corrected chi connectivity index (χ4v) is 1.95. The molecule has 0 unspecified atom stereocenters. The highest BCUT2D eigenvalue weighted by atomic mass is 14.9.